The van der Waals surface area contributed by atoms with Gasteiger partial charge in [-0.15, -0.1) is 0 Å². The molecule has 0 aliphatic heterocycles. The molecule has 1 N–H and O–H groups in total. The first kappa shape index (κ1) is 6.81. The molecule has 0 saturated heterocycles. The summed E-state index contributed by atoms with van der Waals surface area (Å²) in [6, 6.07) is 9.13. The molecule has 0 aliphatic carbocycles. The van der Waals surface area contributed by atoms with Crippen molar-refractivity contribution in [2.75, 3.05) is 0 Å². The van der Waals surface area contributed by atoms with Crippen molar-refractivity contribution in [3.8, 4) is 0 Å². The van der Waals surface area contributed by atoms with Gasteiger partial charge >= 0.3 is 5.97 Å². The quantitative estimate of drug-likeness (QED) is 0.625. The van der Waals surface area contributed by atoms with Gasteiger partial charge in [-0.2, -0.15) is 0 Å². The zero-order valence-electron chi connectivity index (χ0n) is 5.45. The zero-order chi connectivity index (χ0) is 7.40. The van der Waals surface area contributed by atoms with E-state index in [-0.39, 0.29) is 6.42 Å². The molecule has 0 fully saturated rings. The molecule has 0 amide bonds. The van der Waals surface area contributed by atoms with E-state index in [0.29, 0.717) is 0 Å². The largest absolute Gasteiger partial charge is 0.481 e. The fourth-order valence-electron chi connectivity index (χ4n) is 0.770. The van der Waals surface area contributed by atoms with Gasteiger partial charge in [-0.05, 0) is 5.56 Å². The molecule has 0 spiro atoms. The Morgan fingerprint density at radius 3 is 2.40 bits per heavy atom. The van der Waals surface area contributed by atoms with Gasteiger partial charge in [0.25, 0.3) is 0 Å². The van der Waals surface area contributed by atoms with Crippen LogP contribution >= 0.6 is 0 Å². The molecule has 2 nitrogen and oxygen atoms in total. The van der Waals surface area contributed by atoms with Crippen LogP contribution in [0.4, 0.5) is 0 Å². The molecule has 0 saturated carbocycles. The Balaban J connectivity index is 2.67. The lowest BCUT2D eigenvalue weighted by atomic mass is 10.3. The average Bonchev–Trinajstić information content (AvgIpc) is 1.88. The van der Waals surface area contributed by atoms with Crippen molar-refractivity contribution in [2.45, 2.75) is 6.42 Å². The number of carboxylic acids is 1. The summed E-state index contributed by atoms with van der Waals surface area (Å²) in [6.45, 7) is 0. The van der Waals surface area contributed by atoms with Gasteiger partial charge in [0.05, 0.1) is 6.42 Å². The van der Waals surface area contributed by atoms with Crippen LogP contribution in [0.3, 0.4) is 0 Å². The number of rotatable bonds is 2. The monoisotopic (exact) mass is 138 g/mol. The Kier molecular flexibility index (Phi) is 2.05. The minimum atomic E-state index is -0.786. The topological polar surface area (TPSA) is 37.3 Å². The second kappa shape index (κ2) is 3.01. The number of benzene rings is 1. The molecule has 0 atom stereocenters. The minimum Gasteiger partial charge on any atom is -0.481 e. The Bertz CT molecular complexity index is 216. The van der Waals surface area contributed by atoms with Gasteiger partial charge in [-0.3, -0.25) is 4.79 Å². The molecular weight excluding hydrogens is 130 g/mol. The summed E-state index contributed by atoms with van der Waals surface area (Å²) in [4.78, 5) is 10.2. The maximum atomic E-state index is 10.2. The fraction of sp³-hybridized carbons (Fsp3) is 0.125. The lowest BCUT2D eigenvalue weighted by Gasteiger charge is -1.92. The van der Waals surface area contributed by atoms with E-state index in [4.69, 9.17) is 5.11 Å². The Labute approximate surface area is 59.1 Å². The van der Waals surface area contributed by atoms with Gasteiger partial charge in [0.15, 0.2) is 0 Å². The van der Waals surface area contributed by atoms with Gasteiger partial charge in [-0.25, -0.2) is 0 Å². The third-order valence-corrected chi connectivity index (χ3v) is 1.20. The summed E-state index contributed by atoms with van der Waals surface area (Å²) in [5.41, 5.74) is 0.843. The highest BCUT2D eigenvalue weighted by Gasteiger charge is 1.96. The van der Waals surface area contributed by atoms with Crippen molar-refractivity contribution >= 4 is 5.97 Å². The van der Waals surface area contributed by atoms with Crippen LogP contribution in [0.2, 0.25) is 0 Å². The zero-order valence-corrected chi connectivity index (χ0v) is 5.45. The number of carbonyl (C=O) groups is 1. The molecular formula is C8H8O2. The van der Waals surface area contributed by atoms with Crippen LogP contribution < -0.4 is 0 Å². The first-order valence-corrected chi connectivity index (χ1v) is 3.05. The van der Waals surface area contributed by atoms with Crippen LogP contribution in [-0.4, -0.2) is 11.1 Å². The number of carboxylic acid groups (broad SMARTS) is 1. The fourth-order valence-corrected chi connectivity index (χ4v) is 0.770. The lowest BCUT2D eigenvalue weighted by molar-refractivity contribution is -0.136. The second-order valence-corrected chi connectivity index (χ2v) is 2.06. The number of hydrogen-bond acceptors (Lipinski definition) is 1. The molecule has 0 bridgehead atoms. The minimum absolute atomic E-state index is 0.112. The van der Waals surface area contributed by atoms with E-state index in [1.165, 1.54) is 0 Å². The second-order valence-electron chi connectivity index (χ2n) is 2.06. The van der Waals surface area contributed by atoms with E-state index in [1.807, 2.05) is 18.2 Å². The van der Waals surface area contributed by atoms with Crippen LogP contribution in [0.15, 0.2) is 30.3 Å². The van der Waals surface area contributed by atoms with E-state index >= 15 is 0 Å². The molecule has 0 unspecified atom stereocenters. The highest BCUT2D eigenvalue weighted by molar-refractivity contribution is 5.70. The molecule has 0 heterocycles. The maximum Gasteiger partial charge on any atom is 0.307 e. The summed E-state index contributed by atoms with van der Waals surface area (Å²) in [7, 11) is 0. The molecule has 52 valence electrons. The molecule has 2 heteroatoms. The molecule has 10 heavy (non-hydrogen) atoms. The maximum absolute atomic E-state index is 10.2. The van der Waals surface area contributed by atoms with Crippen molar-refractivity contribution in [3.63, 3.8) is 0 Å². The van der Waals surface area contributed by atoms with Gasteiger partial charge in [0.1, 0.15) is 0 Å². The summed E-state index contributed by atoms with van der Waals surface area (Å²) >= 11 is 0. The Hall–Kier alpha value is -1.31. The standard InChI is InChI=1S/C8H8O2/c9-8(10)6-7-4-2-1-3-5-7/h1-5H,6H2,(H,9,10)/i6+1,8+1. The van der Waals surface area contributed by atoms with Crippen molar-refractivity contribution in [3.05, 3.63) is 35.9 Å². The highest BCUT2D eigenvalue weighted by atomic mass is 16.5. The van der Waals surface area contributed by atoms with E-state index in [9.17, 15) is 4.79 Å². The summed E-state index contributed by atoms with van der Waals surface area (Å²) < 4.78 is 0. The Morgan fingerprint density at radius 1 is 1.30 bits per heavy atom. The molecule has 1 aromatic rings. The van der Waals surface area contributed by atoms with Crippen LogP contribution in [0.5, 0.6) is 0 Å². The third kappa shape index (κ3) is 1.90. The predicted molar refractivity (Wildman–Crippen MR) is 37.8 cm³/mol. The van der Waals surface area contributed by atoms with E-state index < -0.39 is 5.97 Å². The van der Waals surface area contributed by atoms with E-state index in [2.05, 4.69) is 0 Å². The summed E-state index contributed by atoms with van der Waals surface area (Å²) in [6.07, 6.45) is 0.112. The van der Waals surface area contributed by atoms with Crippen molar-refractivity contribution in [2.24, 2.45) is 0 Å². The van der Waals surface area contributed by atoms with E-state index in [1.54, 1.807) is 12.1 Å². The van der Waals surface area contributed by atoms with Gasteiger partial charge in [0, 0.05) is 0 Å². The normalized spacial score (nSPS) is 9.20. The molecule has 1 aromatic carbocycles. The molecule has 0 aromatic heterocycles. The summed E-state index contributed by atoms with van der Waals surface area (Å²) in [5.74, 6) is -0.786. The van der Waals surface area contributed by atoms with E-state index in [0.717, 1.165) is 5.56 Å². The third-order valence-electron chi connectivity index (χ3n) is 1.20. The van der Waals surface area contributed by atoms with Crippen LogP contribution in [0, 0.1) is 0 Å². The first-order chi connectivity index (χ1) is 4.79. The Morgan fingerprint density at radius 2 is 1.90 bits per heavy atom. The van der Waals surface area contributed by atoms with Gasteiger partial charge in [-0.1, -0.05) is 30.3 Å². The number of aliphatic carboxylic acids is 1. The average molecular weight is 138 g/mol. The molecule has 0 radical (unpaired) electrons. The molecule has 0 aliphatic rings. The SMILES string of the molecule is O=[13C](O)[13CH2]c1ccccc1. The van der Waals surface area contributed by atoms with Gasteiger partial charge in [0.2, 0.25) is 0 Å². The number of hydrogen-bond donors (Lipinski definition) is 1. The van der Waals surface area contributed by atoms with Crippen LogP contribution in [0.25, 0.3) is 0 Å². The highest BCUT2D eigenvalue weighted by Crippen LogP contribution is 1.98. The van der Waals surface area contributed by atoms with Crippen molar-refractivity contribution < 1.29 is 9.90 Å². The van der Waals surface area contributed by atoms with Crippen molar-refractivity contribution in [1.82, 2.24) is 0 Å². The van der Waals surface area contributed by atoms with Gasteiger partial charge < -0.3 is 5.11 Å². The molecule has 1 rings (SSSR count). The van der Waals surface area contributed by atoms with Crippen LogP contribution in [-0.2, 0) is 11.2 Å². The predicted octanol–water partition coefficient (Wildman–Crippen LogP) is 1.31. The summed E-state index contributed by atoms with van der Waals surface area (Å²) in [5, 5.41) is 8.37. The first-order valence-electron chi connectivity index (χ1n) is 3.05. The lowest BCUT2D eigenvalue weighted by Crippen LogP contribution is -1.98. The van der Waals surface area contributed by atoms with Crippen molar-refractivity contribution in [1.29, 1.82) is 0 Å². The smallest absolute Gasteiger partial charge is 0.307 e. The van der Waals surface area contributed by atoms with Crippen LogP contribution in [0.1, 0.15) is 5.56 Å².